The maximum Gasteiger partial charge on any atom is 0.216 e. The molecule has 0 aliphatic carbocycles. The Morgan fingerprint density at radius 1 is 1.40 bits per heavy atom. The van der Waals surface area contributed by atoms with Crippen LogP contribution in [0.15, 0.2) is 12.4 Å². The molecule has 84 valence electrons. The topological polar surface area (TPSA) is 61.0 Å². The van der Waals surface area contributed by atoms with Crippen LogP contribution in [0.4, 0.5) is 0 Å². The molecule has 0 aliphatic heterocycles. The fourth-order valence-electron chi connectivity index (χ4n) is 1.21. The summed E-state index contributed by atoms with van der Waals surface area (Å²) in [6.07, 6.45) is 3.38. The molecule has 1 aromatic heterocycles. The minimum absolute atomic E-state index is 0.132. The number of ether oxygens (including phenoxy) is 1. The molecule has 2 N–H and O–H groups in total. The molecule has 0 saturated carbocycles. The first-order chi connectivity index (χ1) is 7.11. The largest absolute Gasteiger partial charge is 0.475 e. The molecule has 0 aromatic carbocycles. The van der Waals surface area contributed by atoms with E-state index in [0.717, 1.165) is 18.5 Å². The van der Waals surface area contributed by atoms with Gasteiger partial charge < -0.3 is 10.5 Å². The van der Waals surface area contributed by atoms with Gasteiger partial charge in [0.25, 0.3) is 0 Å². The Morgan fingerprint density at radius 2 is 2.13 bits per heavy atom. The summed E-state index contributed by atoms with van der Waals surface area (Å²) in [6, 6.07) is 2.02. The third-order valence-corrected chi connectivity index (χ3v) is 2.05. The zero-order chi connectivity index (χ0) is 11.3. The lowest BCUT2D eigenvalue weighted by Gasteiger charge is -2.11. The lowest BCUT2D eigenvalue weighted by Crippen LogP contribution is -2.22. The smallest absolute Gasteiger partial charge is 0.216 e. The minimum Gasteiger partial charge on any atom is -0.475 e. The van der Waals surface area contributed by atoms with Crippen LogP contribution in [-0.2, 0) is 6.42 Å². The SMILES string of the molecule is CCC(N)Cc1cc(OC(C)C)ncn1. The number of aromatic nitrogens is 2. The second-order valence-corrected chi connectivity index (χ2v) is 3.89. The summed E-state index contributed by atoms with van der Waals surface area (Å²) >= 11 is 0. The van der Waals surface area contributed by atoms with Gasteiger partial charge in [0.1, 0.15) is 6.33 Å². The first-order valence-electron chi connectivity index (χ1n) is 5.35. The highest BCUT2D eigenvalue weighted by Crippen LogP contribution is 2.10. The molecule has 1 atom stereocenters. The van der Waals surface area contributed by atoms with E-state index >= 15 is 0 Å². The maximum atomic E-state index is 5.86. The molecule has 15 heavy (non-hydrogen) atoms. The van der Waals surface area contributed by atoms with Crippen LogP contribution in [0.3, 0.4) is 0 Å². The van der Waals surface area contributed by atoms with Crippen molar-refractivity contribution in [3.63, 3.8) is 0 Å². The second-order valence-electron chi connectivity index (χ2n) is 3.89. The van der Waals surface area contributed by atoms with Crippen molar-refractivity contribution in [3.05, 3.63) is 18.1 Å². The standard InChI is InChI=1S/C11H19N3O/c1-4-9(12)5-10-6-11(14-7-13-10)15-8(2)3/h6-9H,4-5,12H2,1-3H3. The molecule has 4 heteroatoms. The molecule has 1 heterocycles. The average Bonchev–Trinajstić information content (AvgIpc) is 2.17. The molecule has 0 saturated heterocycles. The number of hydrogen-bond acceptors (Lipinski definition) is 4. The van der Waals surface area contributed by atoms with E-state index in [0.29, 0.717) is 5.88 Å². The summed E-state index contributed by atoms with van der Waals surface area (Å²) in [4.78, 5) is 8.20. The Hall–Kier alpha value is -1.16. The van der Waals surface area contributed by atoms with Crippen LogP contribution in [0.1, 0.15) is 32.9 Å². The fraction of sp³-hybridized carbons (Fsp3) is 0.636. The third-order valence-electron chi connectivity index (χ3n) is 2.05. The Kier molecular flexibility index (Phi) is 4.49. The van der Waals surface area contributed by atoms with E-state index < -0.39 is 0 Å². The zero-order valence-electron chi connectivity index (χ0n) is 9.60. The molecule has 0 spiro atoms. The fourth-order valence-corrected chi connectivity index (χ4v) is 1.21. The second kappa shape index (κ2) is 5.66. The highest BCUT2D eigenvalue weighted by atomic mass is 16.5. The van der Waals surface area contributed by atoms with Crippen LogP contribution in [0.5, 0.6) is 5.88 Å². The Labute approximate surface area is 90.9 Å². The van der Waals surface area contributed by atoms with E-state index in [4.69, 9.17) is 10.5 Å². The van der Waals surface area contributed by atoms with Gasteiger partial charge in [0.05, 0.1) is 6.10 Å². The summed E-state index contributed by atoms with van der Waals surface area (Å²) in [5.41, 5.74) is 6.79. The lowest BCUT2D eigenvalue weighted by atomic mass is 10.1. The van der Waals surface area contributed by atoms with Gasteiger partial charge in [0, 0.05) is 24.2 Å². The Morgan fingerprint density at radius 3 is 2.73 bits per heavy atom. The molecular formula is C11H19N3O. The summed E-state index contributed by atoms with van der Waals surface area (Å²) in [6.45, 7) is 6.01. The summed E-state index contributed by atoms with van der Waals surface area (Å²) < 4.78 is 5.48. The van der Waals surface area contributed by atoms with E-state index in [1.807, 2.05) is 19.9 Å². The molecule has 0 aliphatic rings. The van der Waals surface area contributed by atoms with Crippen LogP contribution in [0.25, 0.3) is 0 Å². The van der Waals surface area contributed by atoms with Gasteiger partial charge in [-0.25, -0.2) is 9.97 Å². The molecule has 0 amide bonds. The van der Waals surface area contributed by atoms with Crippen molar-refractivity contribution in [1.29, 1.82) is 0 Å². The number of nitrogens with zero attached hydrogens (tertiary/aromatic N) is 2. The van der Waals surface area contributed by atoms with Crippen LogP contribution < -0.4 is 10.5 Å². The first kappa shape index (κ1) is 11.9. The Balaban J connectivity index is 2.65. The quantitative estimate of drug-likeness (QED) is 0.799. The molecule has 1 unspecified atom stereocenters. The summed E-state index contributed by atoms with van der Waals surface area (Å²) in [5.74, 6) is 0.623. The number of hydrogen-bond donors (Lipinski definition) is 1. The van der Waals surface area contributed by atoms with Crippen LogP contribution >= 0.6 is 0 Å². The normalized spacial score (nSPS) is 12.9. The van der Waals surface area contributed by atoms with E-state index in [1.54, 1.807) is 0 Å². The van der Waals surface area contributed by atoms with Gasteiger partial charge in [-0.1, -0.05) is 6.92 Å². The summed E-state index contributed by atoms with van der Waals surface area (Å²) in [7, 11) is 0. The van der Waals surface area contributed by atoms with Gasteiger partial charge in [-0.15, -0.1) is 0 Å². The monoisotopic (exact) mass is 209 g/mol. The van der Waals surface area contributed by atoms with Crippen molar-refractivity contribution >= 4 is 0 Å². The van der Waals surface area contributed by atoms with Gasteiger partial charge in [-0.2, -0.15) is 0 Å². The van der Waals surface area contributed by atoms with Crippen molar-refractivity contribution in [3.8, 4) is 5.88 Å². The Bertz CT molecular complexity index is 302. The molecule has 0 bridgehead atoms. The van der Waals surface area contributed by atoms with E-state index in [9.17, 15) is 0 Å². The predicted molar refractivity (Wildman–Crippen MR) is 59.8 cm³/mol. The maximum absolute atomic E-state index is 5.86. The van der Waals surface area contributed by atoms with Gasteiger partial charge >= 0.3 is 0 Å². The predicted octanol–water partition coefficient (Wildman–Crippen LogP) is 1.54. The highest BCUT2D eigenvalue weighted by Gasteiger charge is 2.05. The number of rotatable bonds is 5. The third kappa shape index (κ3) is 4.25. The zero-order valence-corrected chi connectivity index (χ0v) is 9.60. The van der Waals surface area contributed by atoms with Gasteiger partial charge in [-0.3, -0.25) is 0 Å². The van der Waals surface area contributed by atoms with Crippen LogP contribution in [0.2, 0.25) is 0 Å². The van der Waals surface area contributed by atoms with E-state index in [2.05, 4.69) is 16.9 Å². The molecule has 1 rings (SSSR count). The highest BCUT2D eigenvalue weighted by molar-refractivity contribution is 5.14. The van der Waals surface area contributed by atoms with Gasteiger partial charge in [0.15, 0.2) is 0 Å². The molecule has 0 radical (unpaired) electrons. The van der Waals surface area contributed by atoms with Crippen molar-refractivity contribution in [2.24, 2.45) is 5.73 Å². The minimum atomic E-state index is 0.132. The van der Waals surface area contributed by atoms with Crippen LogP contribution in [-0.4, -0.2) is 22.1 Å². The average molecular weight is 209 g/mol. The summed E-state index contributed by atoms with van der Waals surface area (Å²) in [5, 5.41) is 0. The van der Waals surface area contributed by atoms with E-state index in [-0.39, 0.29) is 12.1 Å². The first-order valence-corrected chi connectivity index (χ1v) is 5.35. The van der Waals surface area contributed by atoms with E-state index in [1.165, 1.54) is 6.33 Å². The molecule has 1 aromatic rings. The number of nitrogens with two attached hydrogens (primary N) is 1. The van der Waals surface area contributed by atoms with Crippen molar-refractivity contribution in [2.75, 3.05) is 0 Å². The van der Waals surface area contributed by atoms with Gasteiger partial charge in [-0.05, 0) is 20.3 Å². The van der Waals surface area contributed by atoms with Crippen molar-refractivity contribution in [2.45, 2.75) is 45.8 Å². The van der Waals surface area contributed by atoms with Crippen molar-refractivity contribution in [1.82, 2.24) is 9.97 Å². The van der Waals surface area contributed by atoms with Crippen LogP contribution in [0, 0.1) is 0 Å². The van der Waals surface area contributed by atoms with Gasteiger partial charge in [0.2, 0.25) is 5.88 Å². The molecule has 4 nitrogen and oxygen atoms in total. The molecular weight excluding hydrogens is 190 g/mol. The lowest BCUT2D eigenvalue weighted by molar-refractivity contribution is 0.232. The molecule has 0 fully saturated rings. The van der Waals surface area contributed by atoms with Crippen molar-refractivity contribution < 1.29 is 4.74 Å².